The molecule has 2 heterocycles. The summed E-state index contributed by atoms with van der Waals surface area (Å²) in [4.78, 5) is 17.0. The van der Waals surface area contributed by atoms with E-state index >= 15 is 0 Å². The number of rotatable bonds is 7. The van der Waals surface area contributed by atoms with Crippen LogP contribution in [0.15, 0.2) is 17.1 Å². The Morgan fingerprint density at radius 1 is 1.38 bits per heavy atom. The molecule has 1 N–H and O–H groups in total. The van der Waals surface area contributed by atoms with Gasteiger partial charge in [-0.3, -0.25) is 9.56 Å². The van der Waals surface area contributed by atoms with Gasteiger partial charge in [0, 0.05) is 18.7 Å². The van der Waals surface area contributed by atoms with Gasteiger partial charge in [0.05, 0.1) is 51.4 Å². The van der Waals surface area contributed by atoms with Crippen LogP contribution in [0.3, 0.4) is 0 Å². The zero-order chi connectivity index (χ0) is 21.0. The Hall–Kier alpha value is -2.43. The molecule has 0 radical (unpaired) electrons. The number of aliphatic imine (C=N–C) groups is 1. The molecule has 0 spiro atoms. The predicted octanol–water partition coefficient (Wildman–Crippen LogP) is 3.72. The van der Waals surface area contributed by atoms with Gasteiger partial charge in [0.25, 0.3) is 0 Å². The SMILES string of the molecule is COC(=O)c1cc(OC)c(OC)cc1N=Cc1sc(=S)n(C[C@H]2CCCO2)c1O. The van der Waals surface area contributed by atoms with Crippen molar-refractivity contribution < 1.29 is 28.8 Å². The number of aromatic nitrogens is 1. The van der Waals surface area contributed by atoms with Crippen molar-refractivity contribution in [1.82, 2.24) is 4.57 Å². The van der Waals surface area contributed by atoms with Gasteiger partial charge in [-0.05, 0) is 25.1 Å². The number of nitrogens with zero attached hydrogens (tertiary/aromatic N) is 2. The Labute approximate surface area is 177 Å². The Morgan fingerprint density at radius 2 is 2.10 bits per heavy atom. The Morgan fingerprint density at radius 3 is 2.72 bits per heavy atom. The molecule has 1 atom stereocenters. The van der Waals surface area contributed by atoms with E-state index in [0.29, 0.717) is 32.6 Å². The summed E-state index contributed by atoms with van der Waals surface area (Å²) in [5.41, 5.74) is 0.530. The summed E-state index contributed by atoms with van der Waals surface area (Å²) in [5.74, 6) is 0.262. The third-order valence-corrected chi connectivity index (χ3v) is 5.91. The molecule has 156 valence electrons. The lowest BCUT2D eigenvalue weighted by Crippen LogP contribution is -2.14. The Kier molecular flexibility index (Phi) is 6.88. The number of aromatic hydroxyl groups is 1. The summed E-state index contributed by atoms with van der Waals surface area (Å²) in [6, 6.07) is 3.07. The first kappa shape index (κ1) is 21.3. The van der Waals surface area contributed by atoms with Gasteiger partial charge in [-0.25, -0.2) is 4.79 Å². The van der Waals surface area contributed by atoms with Gasteiger partial charge in [0.1, 0.15) is 4.88 Å². The highest BCUT2D eigenvalue weighted by atomic mass is 32.1. The molecule has 1 aliphatic rings. The maximum atomic E-state index is 12.2. The molecule has 1 aliphatic heterocycles. The van der Waals surface area contributed by atoms with E-state index in [1.54, 1.807) is 10.6 Å². The summed E-state index contributed by atoms with van der Waals surface area (Å²) in [7, 11) is 4.25. The van der Waals surface area contributed by atoms with Gasteiger partial charge in [-0.15, -0.1) is 0 Å². The molecule has 1 saturated heterocycles. The first-order valence-corrected chi connectivity index (χ1v) is 10.1. The number of thiazole rings is 1. The van der Waals surface area contributed by atoms with Crippen molar-refractivity contribution in [2.45, 2.75) is 25.5 Å². The molecule has 8 nitrogen and oxygen atoms in total. The molecule has 0 saturated carbocycles. The van der Waals surface area contributed by atoms with E-state index in [-0.39, 0.29) is 17.5 Å². The maximum absolute atomic E-state index is 12.2. The van der Waals surface area contributed by atoms with Crippen LogP contribution < -0.4 is 9.47 Å². The summed E-state index contributed by atoms with van der Waals surface area (Å²) in [6.45, 7) is 1.23. The minimum atomic E-state index is -0.564. The van der Waals surface area contributed by atoms with Crippen LogP contribution in [0.4, 0.5) is 5.69 Å². The van der Waals surface area contributed by atoms with E-state index in [1.807, 2.05) is 0 Å². The number of carbonyl (C=O) groups is 1. The van der Waals surface area contributed by atoms with Crippen molar-refractivity contribution in [2.24, 2.45) is 4.99 Å². The van der Waals surface area contributed by atoms with E-state index in [9.17, 15) is 9.90 Å². The zero-order valence-electron chi connectivity index (χ0n) is 16.3. The number of hydrogen-bond donors (Lipinski definition) is 1. The van der Waals surface area contributed by atoms with E-state index in [4.69, 9.17) is 31.2 Å². The molecule has 0 bridgehead atoms. The third-order valence-electron chi connectivity index (χ3n) is 4.53. The number of hydrogen-bond acceptors (Lipinski definition) is 9. The van der Waals surface area contributed by atoms with Crippen LogP contribution in [-0.4, -0.2) is 55.9 Å². The van der Waals surface area contributed by atoms with Crippen LogP contribution in [0.1, 0.15) is 28.1 Å². The minimum Gasteiger partial charge on any atom is -0.493 e. The topological polar surface area (TPSA) is 91.5 Å². The number of esters is 1. The Balaban J connectivity index is 1.95. The molecule has 29 heavy (non-hydrogen) atoms. The molecule has 0 amide bonds. The first-order valence-electron chi connectivity index (χ1n) is 8.91. The normalized spacial score (nSPS) is 16.3. The molecule has 2 aromatic rings. The number of ether oxygens (including phenoxy) is 4. The fourth-order valence-corrected chi connectivity index (χ4v) is 4.22. The van der Waals surface area contributed by atoms with Gasteiger partial charge < -0.3 is 24.1 Å². The second-order valence-corrected chi connectivity index (χ2v) is 7.95. The van der Waals surface area contributed by atoms with Gasteiger partial charge in [0.2, 0.25) is 5.88 Å². The number of methoxy groups -OCH3 is 3. The molecule has 1 aromatic heterocycles. The van der Waals surface area contributed by atoms with Crippen LogP contribution >= 0.6 is 23.6 Å². The summed E-state index contributed by atoms with van der Waals surface area (Å²) in [5, 5.41) is 10.6. The largest absolute Gasteiger partial charge is 0.493 e. The van der Waals surface area contributed by atoms with Crippen molar-refractivity contribution in [2.75, 3.05) is 27.9 Å². The molecule has 0 unspecified atom stereocenters. The second kappa shape index (κ2) is 9.38. The maximum Gasteiger partial charge on any atom is 0.340 e. The molecule has 3 rings (SSSR count). The van der Waals surface area contributed by atoms with Crippen molar-refractivity contribution >= 4 is 41.4 Å². The molecule has 1 aromatic carbocycles. The molecule has 1 fully saturated rings. The van der Waals surface area contributed by atoms with Crippen molar-refractivity contribution in [3.63, 3.8) is 0 Å². The van der Waals surface area contributed by atoms with E-state index < -0.39 is 5.97 Å². The molecule has 0 aliphatic carbocycles. The van der Waals surface area contributed by atoms with Crippen LogP contribution in [0.2, 0.25) is 0 Å². The highest BCUT2D eigenvalue weighted by Gasteiger charge is 2.20. The van der Waals surface area contributed by atoms with Gasteiger partial charge in [0.15, 0.2) is 15.5 Å². The number of benzene rings is 1. The van der Waals surface area contributed by atoms with E-state index in [2.05, 4.69) is 4.99 Å². The van der Waals surface area contributed by atoms with Gasteiger partial charge in [-0.2, -0.15) is 0 Å². The lowest BCUT2D eigenvalue weighted by Gasteiger charge is -2.11. The lowest BCUT2D eigenvalue weighted by molar-refractivity contribution is 0.0601. The highest BCUT2D eigenvalue weighted by molar-refractivity contribution is 7.73. The van der Waals surface area contributed by atoms with Crippen LogP contribution in [-0.2, 0) is 16.0 Å². The molecule has 10 heteroatoms. The van der Waals surface area contributed by atoms with E-state index in [0.717, 1.165) is 19.4 Å². The zero-order valence-corrected chi connectivity index (χ0v) is 18.0. The standard InChI is InChI=1S/C19H22N2O6S2/c1-24-14-7-12(18(23)26-3)13(8-15(14)25-2)20-9-16-17(22)21(19(28)29-16)10-11-5-4-6-27-11/h7-9,11,22H,4-6,10H2,1-3H3/t11-/m1/s1. The second-order valence-electron chi connectivity index (χ2n) is 6.28. The molecular weight excluding hydrogens is 416 g/mol. The average molecular weight is 439 g/mol. The summed E-state index contributed by atoms with van der Waals surface area (Å²) < 4.78 is 23.2. The minimum absolute atomic E-state index is 0.0272. The predicted molar refractivity (Wildman–Crippen MR) is 112 cm³/mol. The Bertz CT molecular complexity index is 976. The fraction of sp³-hybridized carbons (Fsp3) is 0.421. The highest BCUT2D eigenvalue weighted by Crippen LogP contribution is 2.36. The van der Waals surface area contributed by atoms with E-state index in [1.165, 1.54) is 44.9 Å². The lowest BCUT2D eigenvalue weighted by atomic mass is 10.1. The summed E-state index contributed by atoms with van der Waals surface area (Å²) >= 11 is 6.61. The van der Waals surface area contributed by atoms with Crippen molar-refractivity contribution in [3.05, 3.63) is 26.5 Å². The van der Waals surface area contributed by atoms with Crippen LogP contribution in [0.5, 0.6) is 17.4 Å². The smallest absolute Gasteiger partial charge is 0.340 e. The molecular formula is C19H22N2O6S2. The van der Waals surface area contributed by atoms with Crippen LogP contribution in [0, 0.1) is 3.95 Å². The third kappa shape index (κ3) is 4.60. The monoisotopic (exact) mass is 438 g/mol. The number of carbonyl (C=O) groups excluding carboxylic acids is 1. The first-order chi connectivity index (χ1) is 14.0. The quantitative estimate of drug-likeness (QED) is 0.400. The van der Waals surface area contributed by atoms with Crippen molar-refractivity contribution in [1.29, 1.82) is 0 Å². The van der Waals surface area contributed by atoms with Crippen LogP contribution in [0.25, 0.3) is 0 Å². The van der Waals surface area contributed by atoms with Gasteiger partial charge >= 0.3 is 5.97 Å². The average Bonchev–Trinajstić information content (AvgIpc) is 3.34. The summed E-state index contributed by atoms with van der Waals surface area (Å²) in [6.07, 6.45) is 3.46. The fourth-order valence-electron chi connectivity index (χ4n) is 3.03. The van der Waals surface area contributed by atoms with Gasteiger partial charge in [-0.1, -0.05) is 11.3 Å². The van der Waals surface area contributed by atoms with Crippen molar-refractivity contribution in [3.8, 4) is 17.4 Å².